The maximum atomic E-state index is 12.1. The van der Waals surface area contributed by atoms with Crippen LogP contribution in [0.2, 0.25) is 0 Å². The van der Waals surface area contributed by atoms with Crippen LogP contribution < -0.4 is 5.32 Å². The van der Waals surface area contributed by atoms with Crippen LogP contribution in [0.5, 0.6) is 0 Å². The Morgan fingerprint density at radius 3 is 2.73 bits per heavy atom. The lowest BCUT2D eigenvalue weighted by molar-refractivity contribution is 0.0923. The van der Waals surface area contributed by atoms with Crippen LogP contribution in [0, 0.1) is 0 Å². The first-order valence-electron chi connectivity index (χ1n) is 8.12. The van der Waals surface area contributed by atoms with Crippen molar-refractivity contribution in [2.45, 2.75) is 6.54 Å². The van der Waals surface area contributed by atoms with Gasteiger partial charge in [0.2, 0.25) is 0 Å². The number of carbonyl (C=O) groups is 1. The van der Waals surface area contributed by atoms with Crippen LogP contribution in [-0.4, -0.2) is 27.0 Å². The van der Waals surface area contributed by atoms with Gasteiger partial charge >= 0.3 is 0 Å². The molecule has 3 heterocycles. The third kappa shape index (κ3) is 3.25. The van der Waals surface area contributed by atoms with Gasteiger partial charge in [0, 0.05) is 24.8 Å². The average Bonchev–Trinajstić information content (AvgIpc) is 3.26. The summed E-state index contributed by atoms with van der Waals surface area (Å²) in [5.41, 5.74) is 2.63. The summed E-state index contributed by atoms with van der Waals surface area (Å²) in [6.07, 6.45) is 1.74. The Morgan fingerprint density at radius 2 is 1.96 bits per heavy atom. The summed E-state index contributed by atoms with van der Waals surface area (Å²) in [6.45, 7) is 0.977. The fourth-order valence-electron chi connectivity index (χ4n) is 2.78. The molecule has 0 aliphatic carbocycles. The molecule has 0 spiro atoms. The lowest BCUT2D eigenvalue weighted by Crippen LogP contribution is -2.27. The first-order chi connectivity index (χ1) is 12.7. The quantitative estimate of drug-likeness (QED) is 0.541. The maximum absolute atomic E-state index is 12.1. The van der Waals surface area contributed by atoms with E-state index in [0.29, 0.717) is 17.8 Å². The van der Waals surface area contributed by atoms with Crippen LogP contribution in [0.1, 0.15) is 10.6 Å². The van der Waals surface area contributed by atoms with Crippen LogP contribution >= 0.6 is 15.9 Å². The van der Waals surface area contributed by atoms with Crippen LogP contribution in [-0.2, 0) is 6.54 Å². The molecule has 6 nitrogen and oxygen atoms in total. The molecule has 1 N–H and O–H groups in total. The molecule has 0 unspecified atom stereocenters. The van der Waals surface area contributed by atoms with Crippen LogP contribution in [0.4, 0.5) is 0 Å². The number of fused-ring (bicyclic) bond motifs is 1. The van der Waals surface area contributed by atoms with E-state index in [-0.39, 0.29) is 11.7 Å². The van der Waals surface area contributed by atoms with Crippen molar-refractivity contribution >= 4 is 33.0 Å². The summed E-state index contributed by atoms with van der Waals surface area (Å²) in [6, 6.07) is 17.1. The van der Waals surface area contributed by atoms with Gasteiger partial charge in [-0.15, -0.1) is 0 Å². The second kappa shape index (κ2) is 7.13. The SMILES string of the molecule is O=C(NCCn1c(-c2ccccc2)nc2cccnc21)c1ccc(Br)o1. The molecular weight excluding hydrogens is 396 g/mol. The topological polar surface area (TPSA) is 73.0 Å². The molecule has 0 aliphatic rings. The molecule has 4 aromatic rings. The molecule has 0 fully saturated rings. The number of hydrogen-bond donors (Lipinski definition) is 1. The number of aromatic nitrogens is 3. The van der Waals surface area contributed by atoms with E-state index in [2.05, 4.69) is 26.2 Å². The number of nitrogens with one attached hydrogen (secondary N) is 1. The predicted octanol–water partition coefficient (Wildman–Crippen LogP) is 3.88. The summed E-state index contributed by atoms with van der Waals surface area (Å²) in [7, 11) is 0. The molecular formula is C19H15BrN4O2. The zero-order valence-electron chi connectivity index (χ0n) is 13.7. The molecule has 1 amide bonds. The van der Waals surface area contributed by atoms with E-state index in [1.165, 1.54) is 0 Å². The van der Waals surface area contributed by atoms with Crippen molar-refractivity contribution in [1.82, 2.24) is 19.9 Å². The Bertz CT molecular complexity index is 1060. The molecule has 7 heteroatoms. The number of amides is 1. The van der Waals surface area contributed by atoms with Crippen molar-refractivity contribution in [1.29, 1.82) is 0 Å². The van der Waals surface area contributed by atoms with Crippen LogP contribution in [0.25, 0.3) is 22.6 Å². The van der Waals surface area contributed by atoms with E-state index < -0.39 is 0 Å². The third-order valence-electron chi connectivity index (χ3n) is 3.95. The van der Waals surface area contributed by atoms with E-state index in [0.717, 1.165) is 22.6 Å². The van der Waals surface area contributed by atoms with Crippen molar-refractivity contribution in [3.8, 4) is 11.4 Å². The van der Waals surface area contributed by atoms with Gasteiger partial charge in [-0.25, -0.2) is 9.97 Å². The number of carbonyl (C=O) groups excluding carboxylic acids is 1. The minimum atomic E-state index is -0.255. The van der Waals surface area contributed by atoms with Gasteiger partial charge in [0.25, 0.3) is 5.91 Å². The lowest BCUT2D eigenvalue weighted by Gasteiger charge is -2.09. The molecule has 130 valence electrons. The number of halogens is 1. The van der Waals surface area contributed by atoms with Gasteiger partial charge in [-0.2, -0.15) is 0 Å². The Balaban J connectivity index is 1.58. The maximum Gasteiger partial charge on any atom is 0.287 e. The number of benzene rings is 1. The zero-order valence-corrected chi connectivity index (χ0v) is 15.3. The van der Waals surface area contributed by atoms with E-state index in [4.69, 9.17) is 9.40 Å². The minimum Gasteiger partial charge on any atom is -0.444 e. The number of furan rings is 1. The van der Waals surface area contributed by atoms with E-state index in [1.54, 1.807) is 18.3 Å². The Hall–Kier alpha value is -2.93. The van der Waals surface area contributed by atoms with Crippen molar-refractivity contribution in [3.05, 3.63) is 71.2 Å². The normalized spacial score (nSPS) is 11.0. The largest absolute Gasteiger partial charge is 0.444 e. The van der Waals surface area contributed by atoms with Gasteiger partial charge in [0.15, 0.2) is 16.1 Å². The second-order valence-electron chi connectivity index (χ2n) is 5.66. The summed E-state index contributed by atoms with van der Waals surface area (Å²) in [5, 5.41) is 2.86. The molecule has 26 heavy (non-hydrogen) atoms. The highest BCUT2D eigenvalue weighted by molar-refractivity contribution is 9.10. The number of nitrogens with zero attached hydrogens (tertiary/aromatic N) is 3. The fourth-order valence-corrected chi connectivity index (χ4v) is 3.09. The van der Waals surface area contributed by atoms with Gasteiger partial charge in [0.1, 0.15) is 11.3 Å². The second-order valence-corrected chi connectivity index (χ2v) is 6.44. The summed E-state index contributed by atoms with van der Waals surface area (Å²) < 4.78 is 7.81. The Morgan fingerprint density at radius 1 is 1.12 bits per heavy atom. The summed E-state index contributed by atoms with van der Waals surface area (Å²) >= 11 is 3.20. The van der Waals surface area contributed by atoms with Crippen LogP contribution in [0.3, 0.4) is 0 Å². The van der Waals surface area contributed by atoms with Crippen molar-refractivity contribution in [2.75, 3.05) is 6.54 Å². The van der Waals surface area contributed by atoms with Crippen molar-refractivity contribution < 1.29 is 9.21 Å². The monoisotopic (exact) mass is 410 g/mol. The zero-order chi connectivity index (χ0) is 17.9. The van der Waals surface area contributed by atoms with Gasteiger partial charge in [-0.3, -0.25) is 4.79 Å². The molecule has 0 saturated carbocycles. The van der Waals surface area contributed by atoms with E-state index in [9.17, 15) is 4.79 Å². The van der Waals surface area contributed by atoms with E-state index >= 15 is 0 Å². The molecule has 0 atom stereocenters. The minimum absolute atomic E-state index is 0.255. The Labute approximate surface area is 158 Å². The molecule has 0 aliphatic heterocycles. The average molecular weight is 411 g/mol. The molecule has 4 rings (SSSR count). The summed E-state index contributed by atoms with van der Waals surface area (Å²) in [4.78, 5) is 21.3. The van der Waals surface area contributed by atoms with E-state index in [1.807, 2.05) is 47.0 Å². The Kier molecular flexibility index (Phi) is 4.53. The molecule has 1 aromatic carbocycles. The first-order valence-corrected chi connectivity index (χ1v) is 8.92. The highest BCUT2D eigenvalue weighted by Gasteiger charge is 2.14. The predicted molar refractivity (Wildman–Crippen MR) is 102 cm³/mol. The molecule has 0 radical (unpaired) electrons. The van der Waals surface area contributed by atoms with Gasteiger partial charge in [-0.05, 0) is 40.2 Å². The molecule has 0 saturated heterocycles. The fraction of sp³-hybridized carbons (Fsp3) is 0.105. The number of rotatable bonds is 5. The third-order valence-corrected chi connectivity index (χ3v) is 4.38. The molecule has 0 bridgehead atoms. The first kappa shape index (κ1) is 16.5. The number of hydrogen-bond acceptors (Lipinski definition) is 4. The van der Waals surface area contributed by atoms with Crippen molar-refractivity contribution in [3.63, 3.8) is 0 Å². The van der Waals surface area contributed by atoms with Crippen LogP contribution in [0.15, 0.2) is 69.9 Å². The smallest absolute Gasteiger partial charge is 0.287 e. The van der Waals surface area contributed by atoms with Crippen molar-refractivity contribution in [2.24, 2.45) is 0 Å². The summed E-state index contributed by atoms with van der Waals surface area (Å²) in [5.74, 6) is 0.845. The van der Waals surface area contributed by atoms with Gasteiger partial charge in [0.05, 0.1) is 0 Å². The molecule has 3 aromatic heterocycles. The number of pyridine rings is 1. The van der Waals surface area contributed by atoms with Gasteiger partial charge in [-0.1, -0.05) is 30.3 Å². The standard InChI is InChI=1S/C19H15BrN4O2/c20-16-9-8-15(26-16)19(25)22-11-12-24-17(13-5-2-1-3-6-13)23-14-7-4-10-21-18(14)24/h1-10H,11-12H2,(H,22,25). The highest BCUT2D eigenvalue weighted by Crippen LogP contribution is 2.23. The lowest BCUT2D eigenvalue weighted by atomic mass is 10.2. The van der Waals surface area contributed by atoms with Gasteiger partial charge < -0.3 is 14.3 Å². The number of imidazole rings is 1. The highest BCUT2D eigenvalue weighted by atomic mass is 79.9.